The fraction of sp³-hybridized carbons (Fsp3) is 0.529. The zero-order valence-electron chi connectivity index (χ0n) is 14.2. The van der Waals surface area contributed by atoms with Crippen molar-refractivity contribution in [3.8, 4) is 11.5 Å². The molecule has 0 saturated carbocycles. The van der Waals surface area contributed by atoms with Crippen molar-refractivity contribution in [3.05, 3.63) is 18.5 Å². The lowest BCUT2D eigenvalue weighted by Crippen LogP contribution is -2.42. The van der Waals surface area contributed by atoms with Crippen LogP contribution in [-0.2, 0) is 0 Å². The molecule has 6 heteroatoms. The Morgan fingerprint density at radius 3 is 2.52 bits per heavy atom. The van der Waals surface area contributed by atoms with Gasteiger partial charge in [-0.05, 0) is 45.1 Å². The summed E-state index contributed by atoms with van der Waals surface area (Å²) in [6, 6.07) is 4.42. The Balaban J connectivity index is 2.01. The maximum absolute atomic E-state index is 5.50. The number of rotatable bonds is 4. The second-order valence-corrected chi connectivity index (χ2v) is 6.04. The molecule has 1 aromatic carbocycles. The molecule has 1 aliphatic heterocycles. The number of likely N-dealkylation sites (tertiary alicyclic amines) is 1. The topological polar surface area (TPSA) is 50.7 Å². The first kappa shape index (κ1) is 15.8. The van der Waals surface area contributed by atoms with Crippen LogP contribution in [0, 0.1) is 0 Å². The first-order valence-electron chi connectivity index (χ1n) is 7.92. The average Bonchev–Trinajstić information content (AvgIpc) is 2.60. The lowest BCUT2D eigenvalue weighted by Gasteiger charge is -2.36. The summed E-state index contributed by atoms with van der Waals surface area (Å²) in [5.74, 6) is 2.29. The van der Waals surface area contributed by atoms with E-state index < -0.39 is 0 Å². The molecule has 6 nitrogen and oxygen atoms in total. The summed E-state index contributed by atoms with van der Waals surface area (Å²) in [4.78, 5) is 13.6. The molecule has 0 amide bonds. The molecule has 1 aliphatic rings. The van der Waals surface area contributed by atoms with Crippen LogP contribution in [-0.4, -0.2) is 62.3 Å². The van der Waals surface area contributed by atoms with Crippen LogP contribution in [0.5, 0.6) is 11.5 Å². The Kier molecular flexibility index (Phi) is 4.52. The van der Waals surface area contributed by atoms with Crippen molar-refractivity contribution in [2.75, 3.05) is 46.3 Å². The number of fused-ring (bicyclic) bond motifs is 1. The highest BCUT2D eigenvalue weighted by Crippen LogP contribution is 2.37. The molecule has 1 saturated heterocycles. The predicted molar refractivity (Wildman–Crippen MR) is 91.6 cm³/mol. The number of nitrogens with zero attached hydrogens (tertiary/aromatic N) is 4. The number of hydrogen-bond donors (Lipinski definition) is 0. The Labute approximate surface area is 137 Å². The van der Waals surface area contributed by atoms with E-state index in [0.717, 1.165) is 42.7 Å². The summed E-state index contributed by atoms with van der Waals surface area (Å²) >= 11 is 0. The van der Waals surface area contributed by atoms with Crippen molar-refractivity contribution >= 4 is 16.7 Å². The molecule has 124 valence electrons. The molecule has 0 atom stereocenters. The number of benzene rings is 1. The molecule has 0 bridgehead atoms. The second-order valence-electron chi connectivity index (χ2n) is 6.04. The highest BCUT2D eigenvalue weighted by atomic mass is 16.5. The molecule has 2 aromatic rings. The van der Waals surface area contributed by atoms with Crippen molar-refractivity contribution in [3.63, 3.8) is 0 Å². The lowest BCUT2D eigenvalue weighted by molar-refractivity contribution is 0.252. The van der Waals surface area contributed by atoms with E-state index in [1.807, 2.05) is 12.1 Å². The van der Waals surface area contributed by atoms with Crippen molar-refractivity contribution in [1.29, 1.82) is 0 Å². The first-order valence-corrected chi connectivity index (χ1v) is 7.92. The van der Waals surface area contributed by atoms with Gasteiger partial charge in [-0.15, -0.1) is 0 Å². The van der Waals surface area contributed by atoms with Crippen LogP contribution in [0.1, 0.15) is 12.8 Å². The quantitative estimate of drug-likeness (QED) is 0.862. The van der Waals surface area contributed by atoms with E-state index in [4.69, 9.17) is 9.47 Å². The van der Waals surface area contributed by atoms with Crippen molar-refractivity contribution in [2.45, 2.75) is 18.9 Å². The third kappa shape index (κ3) is 2.91. The van der Waals surface area contributed by atoms with Crippen LogP contribution in [0.15, 0.2) is 18.5 Å². The highest BCUT2D eigenvalue weighted by molar-refractivity contribution is 5.95. The van der Waals surface area contributed by atoms with Gasteiger partial charge in [-0.25, -0.2) is 9.97 Å². The number of aromatic nitrogens is 2. The van der Waals surface area contributed by atoms with E-state index in [-0.39, 0.29) is 0 Å². The monoisotopic (exact) mass is 316 g/mol. The Morgan fingerprint density at radius 2 is 1.87 bits per heavy atom. The molecular weight excluding hydrogens is 292 g/mol. The SMILES string of the molecule is COc1ccc2c(N(C)C3CCN(C)CC3)ncnc2c1OC. The zero-order chi connectivity index (χ0) is 16.4. The minimum atomic E-state index is 0.498. The van der Waals surface area contributed by atoms with E-state index >= 15 is 0 Å². The third-order valence-electron chi connectivity index (χ3n) is 4.70. The Hall–Kier alpha value is -2.08. The minimum absolute atomic E-state index is 0.498. The van der Waals surface area contributed by atoms with E-state index in [2.05, 4.69) is 33.9 Å². The van der Waals surface area contributed by atoms with Gasteiger partial charge >= 0.3 is 0 Å². The zero-order valence-corrected chi connectivity index (χ0v) is 14.2. The van der Waals surface area contributed by atoms with Crippen LogP contribution in [0.4, 0.5) is 5.82 Å². The Morgan fingerprint density at radius 1 is 1.13 bits per heavy atom. The lowest BCUT2D eigenvalue weighted by atomic mass is 10.0. The molecule has 23 heavy (non-hydrogen) atoms. The molecule has 0 N–H and O–H groups in total. The van der Waals surface area contributed by atoms with Gasteiger partial charge in [0.25, 0.3) is 0 Å². The standard InChI is InChI=1S/C17H24N4O2/c1-20-9-7-12(8-10-20)21(2)17-13-5-6-14(22-3)16(23-4)15(13)18-11-19-17/h5-6,11-12H,7-10H2,1-4H3. The average molecular weight is 316 g/mol. The molecule has 0 radical (unpaired) electrons. The van der Waals surface area contributed by atoms with Gasteiger partial charge in [-0.1, -0.05) is 0 Å². The van der Waals surface area contributed by atoms with Gasteiger partial charge in [0.2, 0.25) is 0 Å². The summed E-state index contributed by atoms with van der Waals surface area (Å²) in [5, 5.41) is 0.992. The van der Waals surface area contributed by atoms with Crippen LogP contribution >= 0.6 is 0 Å². The van der Waals surface area contributed by atoms with Gasteiger partial charge in [0, 0.05) is 18.5 Å². The molecule has 0 aliphatic carbocycles. The molecule has 0 unspecified atom stereocenters. The van der Waals surface area contributed by atoms with E-state index in [9.17, 15) is 0 Å². The first-order chi connectivity index (χ1) is 11.2. The van der Waals surface area contributed by atoms with E-state index in [0.29, 0.717) is 17.5 Å². The number of hydrogen-bond acceptors (Lipinski definition) is 6. The van der Waals surface area contributed by atoms with Gasteiger partial charge in [0.1, 0.15) is 17.7 Å². The third-order valence-corrected chi connectivity index (χ3v) is 4.70. The molecule has 1 aromatic heterocycles. The van der Waals surface area contributed by atoms with E-state index in [1.165, 1.54) is 0 Å². The summed E-state index contributed by atoms with van der Waals surface area (Å²) in [5.41, 5.74) is 0.789. The van der Waals surface area contributed by atoms with Crippen LogP contribution in [0.3, 0.4) is 0 Å². The van der Waals surface area contributed by atoms with Gasteiger partial charge in [0.15, 0.2) is 11.5 Å². The summed E-state index contributed by atoms with van der Waals surface area (Å²) < 4.78 is 10.9. The highest BCUT2D eigenvalue weighted by Gasteiger charge is 2.24. The van der Waals surface area contributed by atoms with Gasteiger partial charge in [-0.3, -0.25) is 0 Å². The van der Waals surface area contributed by atoms with Gasteiger partial charge in [0.05, 0.1) is 14.2 Å². The van der Waals surface area contributed by atoms with Crippen LogP contribution < -0.4 is 14.4 Å². The number of anilines is 1. The van der Waals surface area contributed by atoms with Gasteiger partial charge < -0.3 is 19.3 Å². The molecule has 1 fully saturated rings. The van der Waals surface area contributed by atoms with Crippen molar-refractivity contribution in [1.82, 2.24) is 14.9 Å². The minimum Gasteiger partial charge on any atom is -0.493 e. The number of piperidine rings is 1. The normalized spacial score (nSPS) is 16.5. The second kappa shape index (κ2) is 6.58. The smallest absolute Gasteiger partial charge is 0.187 e. The van der Waals surface area contributed by atoms with E-state index in [1.54, 1.807) is 20.5 Å². The molecule has 0 spiro atoms. The van der Waals surface area contributed by atoms with Crippen molar-refractivity contribution in [2.24, 2.45) is 0 Å². The summed E-state index contributed by atoms with van der Waals surface area (Å²) in [6.07, 6.45) is 3.89. The van der Waals surface area contributed by atoms with Gasteiger partial charge in [-0.2, -0.15) is 0 Å². The number of methoxy groups -OCH3 is 2. The maximum Gasteiger partial charge on any atom is 0.187 e. The number of ether oxygens (including phenoxy) is 2. The summed E-state index contributed by atoms with van der Waals surface area (Å²) in [6.45, 7) is 2.24. The molecule has 3 rings (SSSR count). The van der Waals surface area contributed by atoms with Crippen LogP contribution in [0.25, 0.3) is 10.9 Å². The Bertz CT molecular complexity index is 684. The predicted octanol–water partition coefficient (Wildman–Crippen LogP) is 2.18. The van der Waals surface area contributed by atoms with Crippen LogP contribution in [0.2, 0.25) is 0 Å². The summed E-state index contributed by atoms with van der Waals surface area (Å²) in [7, 11) is 7.57. The maximum atomic E-state index is 5.50. The molecule has 2 heterocycles. The fourth-order valence-electron chi connectivity index (χ4n) is 3.27. The molecular formula is C17H24N4O2. The fourth-order valence-corrected chi connectivity index (χ4v) is 3.27. The largest absolute Gasteiger partial charge is 0.493 e. The van der Waals surface area contributed by atoms with Crippen molar-refractivity contribution < 1.29 is 9.47 Å².